The lowest BCUT2D eigenvalue weighted by molar-refractivity contribution is 0.0630. The molecule has 2 aromatic carbocycles. The fraction of sp³-hybridized carbons (Fsp3) is 0.227. The molecule has 2 heterocycles. The quantitative estimate of drug-likeness (QED) is 0.575. The van der Waals surface area contributed by atoms with Crippen LogP contribution in [0.4, 0.5) is 0 Å². The molecule has 0 unspecified atom stereocenters. The molecule has 7 heteroatoms. The SMILES string of the molecule is COCc1nc2ccccc2c2c1C(=O)N(CCOc1ccc(OC)cc1)C2=O. The molecule has 0 saturated carbocycles. The molecule has 1 aromatic heterocycles. The normalized spacial score (nSPS) is 13.1. The Balaban J connectivity index is 1.58. The molecule has 0 radical (unpaired) electrons. The molecule has 0 spiro atoms. The van der Waals surface area contributed by atoms with E-state index in [9.17, 15) is 9.59 Å². The number of hydrogen-bond donors (Lipinski definition) is 0. The number of aromatic nitrogens is 1. The van der Waals surface area contributed by atoms with E-state index in [0.717, 1.165) is 5.75 Å². The molecule has 0 fully saturated rings. The number of ether oxygens (including phenoxy) is 3. The number of carbonyl (C=O) groups excluding carboxylic acids is 2. The molecule has 0 saturated heterocycles. The van der Waals surface area contributed by atoms with Gasteiger partial charge in [0.1, 0.15) is 18.1 Å². The maximum atomic E-state index is 13.1. The third kappa shape index (κ3) is 3.40. The summed E-state index contributed by atoms with van der Waals surface area (Å²) in [6, 6.07) is 14.4. The summed E-state index contributed by atoms with van der Waals surface area (Å²) >= 11 is 0. The Morgan fingerprint density at radius 1 is 0.897 bits per heavy atom. The van der Waals surface area contributed by atoms with E-state index in [0.29, 0.717) is 33.5 Å². The van der Waals surface area contributed by atoms with Gasteiger partial charge in [-0.3, -0.25) is 14.5 Å². The number of pyridine rings is 1. The molecular weight excluding hydrogens is 372 g/mol. The second-order valence-electron chi connectivity index (χ2n) is 6.54. The number of carbonyl (C=O) groups is 2. The largest absolute Gasteiger partial charge is 0.497 e. The van der Waals surface area contributed by atoms with Gasteiger partial charge in [-0.25, -0.2) is 4.98 Å². The van der Waals surface area contributed by atoms with Crippen molar-refractivity contribution in [2.75, 3.05) is 27.4 Å². The monoisotopic (exact) mass is 392 g/mol. The number of benzene rings is 2. The molecule has 0 atom stereocenters. The number of para-hydroxylation sites is 1. The molecule has 29 heavy (non-hydrogen) atoms. The van der Waals surface area contributed by atoms with Crippen LogP contribution < -0.4 is 9.47 Å². The fourth-order valence-corrected chi connectivity index (χ4v) is 3.45. The van der Waals surface area contributed by atoms with Gasteiger partial charge in [-0.2, -0.15) is 0 Å². The summed E-state index contributed by atoms with van der Waals surface area (Å²) in [6.07, 6.45) is 0. The van der Waals surface area contributed by atoms with E-state index in [1.54, 1.807) is 37.4 Å². The summed E-state index contributed by atoms with van der Waals surface area (Å²) in [5.41, 5.74) is 1.84. The van der Waals surface area contributed by atoms with Crippen molar-refractivity contribution in [2.45, 2.75) is 6.61 Å². The van der Waals surface area contributed by atoms with Crippen LogP contribution in [0, 0.1) is 0 Å². The van der Waals surface area contributed by atoms with Gasteiger partial charge in [-0.15, -0.1) is 0 Å². The van der Waals surface area contributed by atoms with Crippen molar-refractivity contribution in [3.8, 4) is 11.5 Å². The van der Waals surface area contributed by atoms with Crippen LogP contribution in [0.25, 0.3) is 10.9 Å². The molecule has 1 aliphatic rings. The fourth-order valence-electron chi connectivity index (χ4n) is 3.45. The zero-order valence-corrected chi connectivity index (χ0v) is 16.2. The van der Waals surface area contributed by atoms with Crippen LogP contribution in [-0.2, 0) is 11.3 Å². The molecule has 148 valence electrons. The first kappa shape index (κ1) is 18.9. The van der Waals surface area contributed by atoms with E-state index in [1.807, 2.05) is 18.2 Å². The lowest BCUT2D eigenvalue weighted by atomic mass is 10.0. The lowest BCUT2D eigenvalue weighted by Crippen LogP contribution is -2.33. The minimum absolute atomic E-state index is 0.138. The molecule has 0 N–H and O–H groups in total. The number of methoxy groups -OCH3 is 2. The summed E-state index contributed by atoms with van der Waals surface area (Å²) in [7, 11) is 3.12. The maximum Gasteiger partial charge on any atom is 0.263 e. The van der Waals surface area contributed by atoms with Crippen LogP contribution in [0.3, 0.4) is 0 Å². The van der Waals surface area contributed by atoms with Crippen LogP contribution in [0.1, 0.15) is 26.4 Å². The van der Waals surface area contributed by atoms with Gasteiger partial charge in [-0.1, -0.05) is 18.2 Å². The molecular formula is C22H20N2O5. The number of imide groups is 1. The molecule has 7 nitrogen and oxygen atoms in total. The zero-order valence-electron chi connectivity index (χ0n) is 16.2. The lowest BCUT2D eigenvalue weighted by Gasteiger charge is -2.14. The maximum absolute atomic E-state index is 13.1. The third-order valence-corrected chi connectivity index (χ3v) is 4.81. The molecule has 2 amide bonds. The molecule has 3 aromatic rings. The van der Waals surface area contributed by atoms with E-state index < -0.39 is 0 Å². The van der Waals surface area contributed by atoms with Gasteiger partial charge in [-0.05, 0) is 30.3 Å². The number of nitrogens with zero attached hydrogens (tertiary/aromatic N) is 2. The van der Waals surface area contributed by atoms with Crippen LogP contribution in [0.15, 0.2) is 48.5 Å². The standard InChI is InChI=1S/C22H20N2O5/c1-27-13-18-20-19(16-5-3-4-6-17(16)23-18)21(25)24(22(20)26)11-12-29-15-9-7-14(28-2)8-10-15/h3-10H,11-13H2,1-2H3. The van der Waals surface area contributed by atoms with Crippen LogP contribution in [0.2, 0.25) is 0 Å². The molecule has 0 bridgehead atoms. The Morgan fingerprint density at radius 2 is 1.59 bits per heavy atom. The zero-order chi connectivity index (χ0) is 20.4. The first-order valence-electron chi connectivity index (χ1n) is 9.17. The number of rotatable bonds is 7. The first-order chi connectivity index (χ1) is 14.1. The van der Waals surface area contributed by atoms with Gasteiger partial charge in [0.15, 0.2) is 0 Å². The Kier molecular flexibility index (Phi) is 5.14. The first-order valence-corrected chi connectivity index (χ1v) is 9.17. The summed E-state index contributed by atoms with van der Waals surface area (Å²) in [4.78, 5) is 31.8. The Hall–Kier alpha value is -3.45. The van der Waals surface area contributed by atoms with Crippen LogP contribution in [0.5, 0.6) is 11.5 Å². The van der Waals surface area contributed by atoms with E-state index >= 15 is 0 Å². The van der Waals surface area contributed by atoms with Crippen molar-refractivity contribution in [2.24, 2.45) is 0 Å². The molecule has 1 aliphatic heterocycles. The summed E-state index contributed by atoms with van der Waals surface area (Å²) in [5.74, 6) is 0.658. The predicted octanol–water partition coefficient (Wildman–Crippen LogP) is 3.06. The average Bonchev–Trinajstić information content (AvgIpc) is 3.00. The minimum atomic E-state index is -0.367. The summed E-state index contributed by atoms with van der Waals surface area (Å²) in [5, 5.41) is 0.666. The summed E-state index contributed by atoms with van der Waals surface area (Å²) in [6.45, 7) is 0.476. The van der Waals surface area contributed by atoms with Gasteiger partial charge in [0.05, 0.1) is 42.6 Å². The third-order valence-electron chi connectivity index (χ3n) is 4.81. The second kappa shape index (κ2) is 7.89. The topological polar surface area (TPSA) is 78.0 Å². The minimum Gasteiger partial charge on any atom is -0.497 e. The van der Waals surface area contributed by atoms with E-state index in [1.165, 1.54) is 12.0 Å². The predicted molar refractivity (Wildman–Crippen MR) is 106 cm³/mol. The van der Waals surface area contributed by atoms with Crippen LogP contribution in [-0.4, -0.2) is 49.1 Å². The molecule has 4 rings (SSSR count). The Morgan fingerprint density at radius 3 is 2.31 bits per heavy atom. The van der Waals surface area contributed by atoms with Crippen molar-refractivity contribution < 1.29 is 23.8 Å². The number of fused-ring (bicyclic) bond motifs is 3. The van der Waals surface area contributed by atoms with Crippen molar-refractivity contribution in [3.63, 3.8) is 0 Å². The second-order valence-corrected chi connectivity index (χ2v) is 6.54. The highest BCUT2D eigenvalue weighted by atomic mass is 16.5. The number of amides is 2. The number of hydrogen-bond acceptors (Lipinski definition) is 6. The smallest absolute Gasteiger partial charge is 0.263 e. The van der Waals surface area contributed by atoms with Gasteiger partial charge in [0, 0.05) is 12.5 Å². The highest BCUT2D eigenvalue weighted by Gasteiger charge is 2.39. The van der Waals surface area contributed by atoms with E-state index in [4.69, 9.17) is 14.2 Å². The van der Waals surface area contributed by atoms with Gasteiger partial charge >= 0.3 is 0 Å². The highest BCUT2D eigenvalue weighted by molar-refractivity contribution is 6.26. The van der Waals surface area contributed by atoms with Crippen LogP contribution >= 0.6 is 0 Å². The average molecular weight is 392 g/mol. The van der Waals surface area contributed by atoms with Gasteiger partial charge in [0.2, 0.25) is 0 Å². The van der Waals surface area contributed by atoms with Crippen molar-refractivity contribution in [3.05, 3.63) is 65.4 Å². The van der Waals surface area contributed by atoms with Crippen molar-refractivity contribution in [1.82, 2.24) is 9.88 Å². The van der Waals surface area contributed by atoms with Crippen molar-refractivity contribution in [1.29, 1.82) is 0 Å². The van der Waals surface area contributed by atoms with Gasteiger partial charge in [0.25, 0.3) is 11.8 Å². The van der Waals surface area contributed by atoms with Crippen molar-refractivity contribution >= 4 is 22.7 Å². The Labute approximate surface area is 167 Å². The molecule has 0 aliphatic carbocycles. The summed E-state index contributed by atoms with van der Waals surface area (Å²) < 4.78 is 16.0. The Bertz CT molecular complexity index is 1080. The highest BCUT2D eigenvalue weighted by Crippen LogP contribution is 2.31. The van der Waals surface area contributed by atoms with E-state index in [2.05, 4.69) is 4.98 Å². The van der Waals surface area contributed by atoms with E-state index in [-0.39, 0.29) is 31.6 Å². The van der Waals surface area contributed by atoms with Gasteiger partial charge < -0.3 is 14.2 Å².